The SMILES string of the molecule is N#Cc1ccc(-c2ccc(-c3c(-c4ccc(-c5nc(-c6ccccc6)nc(-c6ccccc6)n5)cc4)c4ccccc4c4ccccc34)cc2)cc1. The van der Waals surface area contributed by atoms with E-state index in [1.807, 2.05) is 84.9 Å². The second-order valence-corrected chi connectivity index (χ2v) is 12.7. The van der Waals surface area contributed by atoms with Crippen molar-refractivity contribution >= 4 is 21.5 Å². The summed E-state index contributed by atoms with van der Waals surface area (Å²) in [6, 6.07) is 64.8. The molecule has 0 aliphatic carbocycles. The van der Waals surface area contributed by atoms with Crippen molar-refractivity contribution in [3.8, 4) is 73.6 Å². The molecule has 0 saturated heterocycles. The molecule has 8 aromatic carbocycles. The summed E-state index contributed by atoms with van der Waals surface area (Å²) in [6.45, 7) is 0. The summed E-state index contributed by atoms with van der Waals surface area (Å²) in [5.41, 5.74) is 10.2. The highest BCUT2D eigenvalue weighted by atomic mass is 15.0. The maximum absolute atomic E-state index is 9.27. The predicted octanol–water partition coefficient (Wildman–Crippen LogP) is 12.1. The minimum atomic E-state index is 0.626. The zero-order valence-electron chi connectivity index (χ0n) is 28.1. The van der Waals surface area contributed by atoms with Crippen molar-refractivity contribution in [2.45, 2.75) is 0 Å². The Bertz CT molecular complexity index is 2690. The predicted molar refractivity (Wildman–Crippen MR) is 212 cm³/mol. The second kappa shape index (κ2) is 13.2. The van der Waals surface area contributed by atoms with Crippen LogP contribution in [0.15, 0.2) is 182 Å². The van der Waals surface area contributed by atoms with Crippen molar-refractivity contribution in [2.24, 2.45) is 0 Å². The number of benzene rings is 8. The minimum Gasteiger partial charge on any atom is -0.208 e. The molecule has 0 atom stereocenters. The van der Waals surface area contributed by atoms with Gasteiger partial charge in [-0.1, -0.05) is 170 Å². The molecule has 4 heteroatoms. The summed E-state index contributed by atoms with van der Waals surface area (Å²) in [6.07, 6.45) is 0. The summed E-state index contributed by atoms with van der Waals surface area (Å²) in [5.74, 6) is 1.91. The van der Waals surface area contributed by atoms with E-state index in [0.29, 0.717) is 23.0 Å². The van der Waals surface area contributed by atoms with Crippen LogP contribution in [0.25, 0.3) is 89.1 Å². The zero-order chi connectivity index (χ0) is 34.9. The topological polar surface area (TPSA) is 62.5 Å². The summed E-state index contributed by atoms with van der Waals surface area (Å²) < 4.78 is 0. The molecule has 0 saturated carbocycles. The van der Waals surface area contributed by atoms with Crippen LogP contribution >= 0.6 is 0 Å². The second-order valence-electron chi connectivity index (χ2n) is 12.7. The zero-order valence-corrected chi connectivity index (χ0v) is 28.1. The van der Waals surface area contributed by atoms with Crippen molar-refractivity contribution in [2.75, 3.05) is 0 Å². The van der Waals surface area contributed by atoms with Crippen molar-refractivity contribution in [1.29, 1.82) is 5.26 Å². The lowest BCUT2D eigenvalue weighted by atomic mass is 9.84. The molecule has 0 fully saturated rings. The molecule has 0 N–H and O–H groups in total. The third-order valence-corrected chi connectivity index (χ3v) is 9.59. The van der Waals surface area contributed by atoms with Gasteiger partial charge in [-0.25, -0.2) is 15.0 Å². The third kappa shape index (κ3) is 5.67. The Morgan fingerprint density at radius 1 is 0.288 bits per heavy atom. The van der Waals surface area contributed by atoms with Crippen LogP contribution in [0.2, 0.25) is 0 Å². The quantitative estimate of drug-likeness (QED) is 0.166. The van der Waals surface area contributed by atoms with Crippen LogP contribution < -0.4 is 0 Å². The third-order valence-electron chi connectivity index (χ3n) is 9.59. The smallest absolute Gasteiger partial charge is 0.164 e. The maximum atomic E-state index is 9.27. The Hall–Kier alpha value is -7.22. The van der Waals surface area contributed by atoms with Gasteiger partial charge in [0.15, 0.2) is 17.5 Å². The molecule has 52 heavy (non-hydrogen) atoms. The van der Waals surface area contributed by atoms with Gasteiger partial charge in [0.2, 0.25) is 0 Å². The van der Waals surface area contributed by atoms with Crippen LogP contribution in [0, 0.1) is 11.3 Å². The number of hydrogen-bond donors (Lipinski definition) is 0. The van der Waals surface area contributed by atoms with E-state index in [2.05, 4.69) is 103 Å². The number of fused-ring (bicyclic) bond motifs is 3. The monoisotopic (exact) mass is 662 g/mol. The highest BCUT2D eigenvalue weighted by molar-refractivity contribution is 6.21. The van der Waals surface area contributed by atoms with Gasteiger partial charge >= 0.3 is 0 Å². The van der Waals surface area contributed by atoms with Crippen molar-refractivity contribution < 1.29 is 0 Å². The average Bonchev–Trinajstić information content (AvgIpc) is 3.24. The fourth-order valence-corrected chi connectivity index (χ4v) is 7.03. The molecule has 0 unspecified atom stereocenters. The first kappa shape index (κ1) is 30.8. The minimum absolute atomic E-state index is 0.626. The van der Waals surface area contributed by atoms with Crippen LogP contribution in [0.3, 0.4) is 0 Å². The van der Waals surface area contributed by atoms with E-state index >= 15 is 0 Å². The highest BCUT2D eigenvalue weighted by Gasteiger charge is 2.19. The van der Waals surface area contributed by atoms with E-state index in [-0.39, 0.29) is 0 Å². The molecule has 9 rings (SSSR count). The summed E-state index contributed by atoms with van der Waals surface area (Å²) in [4.78, 5) is 14.8. The number of hydrogen-bond acceptors (Lipinski definition) is 4. The molecule has 0 aliphatic rings. The molecule has 0 bridgehead atoms. The summed E-state index contributed by atoms with van der Waals surface area (Å²) in [7, 11) is 0. The summed E-state index contributed by atoms with van der Waals surface area (Å²) in [5, 5.41) is 14.1. The normalized spacial score (nSPS) is 11.1. The van der Waals surface area contributed by atoms with Gasteiger partial charge in [0.05, 0.1) is 11.6 Å². The van der Waals surface area contributed by atoms with E-state index in [0.717, 1.165) is 38.9 Å². The van der Waals surface area contributed by atoms with Crippen LogP contribution in [-0.4, -0.2) is 15.0 Å². The lowest BCUT2D eigenvalue weighted by Gasteiger charge is -2.19. The van der Waals surface area contributed by atoms with Crippen LogP contribution in [0.1, 0.15) is 5.56 Å². The molecule has 9 aromatic rings. The lowest BCUT2D eigenvalue weighted by molar-refractivity contribution is 1.07. The first-order valence-corrected chi connectivity index (χ1v) is 17.3. The average molecular weight is 663 g/mol. The van der Waals surface area contributed by atoms with Gasteiger partial charge in [0.25, 0.3) is 0 Å². The standard InChI is InChI=1S/C48H30N4/c49-31-32-19-21-33(22-20-32)34-23-25-35(26-24-34)44-42-17-9-7-15-40(42)41-16-8-10-18-43(41)45(44)36-27-29-39(30-28-36)48-51-46(37-11-3-1-4-12-37)50-47(52-48)38-13-5-2-6-14-38/h1-30H. The van der Waals surface area contributed by atoms with E-state index < -0.39 is 0 Å². The van der Waals surface area contributed by atoms with E-state index in [9.17, 15) is 5.26 Å². The van der Waals surface area contributed by atoms with Gasteiger partial charge in [-0.2, -0.15) is 5.26 Å². The maximum Gasteiger partial charge on any atom is 0.164 e. The molecule has 1 heterocycles. The number of rotatable bonds is 6. The Morgan fingerprint density at radius 3 is 1.00 bits per heavy atom. The van der Waals surface area contributed by atoms with Crippen molar-refractivity contribution in [3.05, 3.63) is 188 Å². The number of nitrogens with zero attached hydrogens (tertiary/aromatic N) is 4. The Morgan fingerprint density at radius 2 is 0.596 bits per heavy atom. The van der Waals surface area contributed by atoms with Crippen LogP contribution in [0.4, 0.5) is 0 Å². The number of aromatic nitrogens is 3. The lowest BCUT2D eigenvalue weighted by Crippen LogP contribution is -2.00. The fourth-order valence-electron chi connectivity index (χ4n) is 7.03. The number of nitriles is 1. The Labute approximate surface area is 302 Å². The van der Waals surface area contributed by atoms with E-state index in [1.165, 1.54) is 32.7 Å². The Kier molecular flexibility index (Phi) is 7.85. The van der Waals surface area contributed by atoms with Gasteiger partial charge < -0.3 is 0 Å². The molecule has 1 aromatic heterocycles. The van der Waals surface area contributed by atoms with Crippen LogP contribution in [-0.2, 0) is 0 Å². The van der Waals surface area contributed by atoms with Crippen molar-refractivity contribution in [3.63, 3.8) is 0 Å². The molecular formula is C48H30N4. The van der Waals surface area contributed by atoms with E-state index in [4.69, 9.17) is 15.0 Å². The summed E-state index contributed by atoms with van der Waals surface area (Å²) >= 11 is 0. The molecule has 0 aliphatic heterocycles. The van der Waals surface area contributed by atoms with Gasteiger partial charge in [-0.3, -0.25) is 0 Å². The molecule has 242 valence electrons. The molecule has 0 spiro atoms. The molecule has 4 nitrogen and oxygen atoms in total. The fraction of sp³-hybridized carbons (Fsp3) is 0. The van der Waals surface area contributed by atoms with Gasteiger partial charge in [-0.15, -0.1) is 0 Å². The van der Waals surface area contributed by atoms with Gasteiger partial charge in [-0.05, 0) is 67.1 Å². The van der Waals surface area contributed by atoms with Crippen LogP contribution in [0.5, 0.6) is 0 Å². The first-order chi connectivity index (χ1) is 25.7. The van der Waals surface area contributed by atoms with Crippen molar-refractivity contribution in [1.82, 2.24) is 15.0 Å². The first-order valence-electron chi connectivity index (χ1n) is 17.3. The Balaban J connectivity index is 1.20. The van der Waals surface area contributed by atoms with Gasteiger partial charge in [0, 0.05) is 16.7 Å². The van der Waals surface area contributed by atoms with E-state index in [1.54, 1.807) is 0 Å². The highest BCUT2D eigenvalue weighted by Crippen LogP contribution is 2.45. The molecule has 0 amide bonds. The molecular weight excluding hydrogens is 633 g/mol. The largest absolute Gasteiger partial charge is 0.208 e. The van der Waals surface area contributed by atoms with Gasteiger partial charge in [0.1, 0.15) is 0 Å². The molecule has 0 radical (unpaired) electrons.